The number of carbonyl (C=O) groups excluding carboxylic acids is 2. The second-order valence-electron chi connectivity index (χ2n) is 6.15. The predicted molar refractivity (Wildman–Crippen MR) is 69.9 cm³/mol. The Morgan fingerprint density at radius 3 is 2.56 bits per heavy atom. The van der Waals surface area contributed by atoms with Gasteiger partial charge in [-0.25, -0.2) is 0 Å². The minimum Gasteiger partial charge on any atom is -0.344 e. The number of nitrogens with one attached hydrogen (secondary N) is 1. The Labute approximate surface area is 109 Å². The highest BCUT2D eigenvalue weighted by Gasteiger charge is 2.44. The summed E-state index contributed by atoms with van der Waals surface area (Å²) in [6.45, 7) is 7.58. The van der Waals surface area contributed by atoms with Gasteiger partial charge in [0.15, 0.2) is 0 Å². The van der Waals surface area contributed by atoms with Crippen molar-refractivity contribution in [3.8, 4) is 0 Å². The minimum atomic E-state index is -0.340. The van der Waals surface area contributed by atoms with Crippen molar-refractivity contribution in [2.45, 2.75) is 52.5 Å². The molecule has 2 rings (SSSR count). The fourth-order valence-corrected chi connectivity index (χ4v) is 2.66. The van der Waals surface area contributed by atoms with Crippen LogP contribution in [0.1, 0.15) is 46.5 Å². The Morgan fingerprint density at radius 1 is 1.39 bits per heavy atom. The van der Waals surface area contributed by atoms with E-state index in [0.29, 0.717) is 18.4 Å². The molecule has 1 N–H and O–H groups in total. The van der Waals surface area contributed by atoms with Crippen LogP contribution in [0.4, 0.5) is 0 Å². The number of hydrogen-bond donors (Lipinski definition) is 1. The average Bonchev–Trinajstić information content (AvgIpc) is 3.11. The highest BCUT2D eigenvalue weighted by atomic mass is 16.2. The van der Waals surface area contributed by atoms with Crippen molar-refractivity contribution < 1.29 is 9.59 Å². The van der Waals surface area contributed by atoms with Crippen molar-refractivity contribution in [1.82, 2.24) is 10.2 Å². The van der Waals surface area contributed by atoms with Crippen LogP contribution in [0.3, 0.4) is 0 Å². The second kappa shape index (κ2) is 4.90. The molecule has 1 saturated carbocycles. The van der Waals surface area contributed by atoms with Crippen molar-refractivity contribution in [3.05, 3.63) is 0 Å². The van der Waals surface area contributed by atoms with Crippen molar-refractivity contribution in [1.29, 1.82) is 0 Å². The van der Waals surface area contributed by atoms with E-state index in [1.807, 2.05) is 18.7 Å². The number of hydrogen-bond acceptors (Lipinski definition) is 2. The third kappa shape index (κ3) is 2.68. The summed E-state index contributed by atoms with van der Waals surface area (Å²) in [6, 6.07) is -0.340. The number of rotatable bonds is 4. The summed E-state index contributed by atoms with van der Waals surface area (Å²) >= 11 is 0. The fourth-order valence-electron chi connectivity index (χ4n) is 2.66. The van der Waals surface area contributed by atoms with Crippen LogP contribution in [0, 0.1) is 11.3 Å². The SMILES string of the molecule is CCC1(CN2CCC(=O)NC(C(C)C)C2=O)CC1. The number of amides is 2. The molecule has 1 heterocycles. The monoisotopic (exact) mass is 252 g/mol. The largest absolute Gasteiger partial charge is 0.344 e. The molecule has 0 aromatic carbocycles. The molecule has 0 bridgehead atoms. The van der Waals surface area contributed by atoms with E-state index >= 15 is 0 Å². The van der Waals surface area contributed by atoms with Gasteiger partial charge < -0.3 is 10.2 Å². The van der Waals surface area contributed by atoms with Gasteiger partial charge in [-0.3, -0.25) is 9.59 Å². The third-order valence-electron chi connectivity index (χ3n) is 4.40. The van der Waals surface area contributed by atoms with Gasteiger partial charge in [-0.1, -0.05) is 20.8 Å². The molecule has 1 unspecified atom stereocenters. The first-order valence-electron chi connectivity index (χ1n) is 7.05. The third-order valence-corrected chi connectivity index (χ3v) is 4.40. The van der Waals surface area contributed by atoms with Gasteiger partial charge in [-0.05, 0) is 30.6 Å². The van der Waals surface area contributed by atoms with E-state index in [-0.39, 0.29) is 23.8 Å². The van der Waals surface area contributed by atoms with Crippen LogP contribution in [0.2, 0.25) is 0 Å². The molecule has 0 radical (unpaired) electrons. The quantitative estimate of drug-likeness (QED) is 0.825. The van der Waals surface area contributed by atoms with Gasteiger partial charge >= 0.3 is 0 Å². The molecule has 2 aliphatic rings. The van der Waals surface area contributed by atoms with Crippen molar-refractivity contribution in [2.75, 3.05) is 13.1 Å². The van der Waals surface area contributed by atoms with Crippen LogP contribution in [0.5, 0.6) is 0 Å². The molecule has 0 aromatic rings. The van der Waals surface area contributed by atoms with Gasteiger partial charge in [0.1, 0.15) is 6.04 Å². The summed E-state index contributed by atoms with van der Waals surface area (Å²) < 4.78 is 0. The standard InChI is InChI=1S/C14H24N2O2/c1-4-14(6-7-14)9-16-8-5-11(17)15-12(10(2)3)13(16)18/h10,12H,4-9H2,1-3H3,(H,15,17). The number of nitrogens with zero attached hydrogens (tertiary/aromatic N) is 1. The minimum absolute atomic E-state index is 0.00546. The topological polar surface area (TPSA) is 49.4 Å². The molecule has 1 aliphatic heterocycles. The summed E-state index contributed by atoms with van der Waals surface area (Å²) in [4.78, 5) is 26.0. The van der Waals surface area contributed by atoms with Crippen LogP contribution in [0.25, 0.3) is 0 Å². The zero-order valence-corrected chi connectivity index (χ0v) is 11.7. The van der Waals surface area contributed by atoms with Crippen LogP contribution in [-0.4, -0.2) is 35.8 Å². The molecule has 1 atom stereocenters. The van der Waals surface area contributed by atoms with Crippen molar-refractivity contribution in [3.63, 3.8) is 0 Å². The molecule has 4 heteroatoms. The average molecular weight is 252 g/mol. The highest BCUT2D eigenvalue weighted by molar-refractivity contribution is 5.90. The molecule has 2 amide bonds. The van der Waals surface area contributed by atoms with E-state index in [2.05, 4.69) is 12.2 Å². The molecule has 102 valence electrons. The predicted octanol–water partition coefficient (Wildman–Crippen LogP) is 1.55. The molecular weight excluding hydrogens is 228 g/mol. The highest BCUT2D eigenvalue weighted by Crippen LogP contribution is 2.49. The Kier molecular flexibility index (Phi) is 3.64. The van der Waals surface area contributed by atoms with Gasteiger partial charge in [0.2, 0.25) is 11.8 Å². The zero-order valence-electron chi connectivity index (χ0n) is 11.7. The van der Waals surface area contributed by atoms with Crippen LogP contribution < -0.4 is 5.32 Å². The fraction of sp³-hybridized carbons (Fsp3) is 0.857. The lowest BCUT2D eigenvalue weighted by Crippen LogP contribution is -2.48. The van der Waals surface area contributed by atoms with Gasteiger partial charge in [0.25, 0.3) is 0 Å². The summed E-state index contributed by atoms with van der Waals surface area (Å²) in [5, 5.41) is 2.85. The molecule has 1 saturated heterocycles. The maximum absolute atomic E-state index is 12.5. The van der Waals surface area contributed by atoms with Crippen LogP contribution >= 0.6 is 0 Å². The summed E-state index contributed by atoms with van der Waals surface area (Å²) in [5.74, 6) is 0.264. The maximum atomic E-state index is 12.5. The Balaban J connectivity index is 2.09. The maximum Gasteiger partial charge on any atom is 0.245 e. The van der Waals surface area contributed by atoms with E-state index in [0.717, 1.165) is 13.0 Å². The van der Waals surface area contributed by atoms with Crippen molar-refractivity contribution >= 4 is 11.8 Å². The van der Waals surface area contributed by atoms with Gasteiger partial charge in [0.05, 0.1) is 0 Å². The molecule has 0 spiro atoms. The normalized spacial score (nSPS) is 27.1. The van der Waals surface area contributed by atoms with E-state index < -0.39 is 0 Å². The van der Waals surface area contributed by atoms with E-state index in [1.54, 1.807) is 0 Å². The lowest BCUT2D eigenvalue weighted by molar-refractivity contribution is -0.135. The lowest BCUT2D eigenvalue weighted by Gasteiger charge is -2.29. The van der Waals surface area contributed by atoms with E-state index in [9.17, 15) is 9.59 Å². The lowest BCUT2D eigenvalue weighted by atomic mass is 10.00. The molecule has 0 aromatic heterocycles. The molecule has 2 fully saturated rings. The molecule has 18 heavy (non-hydrogen) atoms. The van der Waals surface area contributed by atoms with Crippen LogP contribution in [0.15, 0.2) is 0 Å². The molecule has 1 aliphatic carbocycles. The van der Waals surface area contributed by atoms with Crippen LogP contribution in [-0.2, 0) is 9.59 Å². The first-order chi connectivity index (χ1) is 8.47. The van der Waals surface area contributed by atoms with E-state index in [1.165, 1.54) is 12.8 Å². The first kappa shape index (κ1) is 13.4. The summed E-state index contributed by atoms with van der Waals surface area (Å²) in [5.41, 5.74) is 0.352. The summed E-state index contributed by atoms with van der Waals surface area (Å²) in [6.07, 6.45) is 4.02. The summed E-state index contributed by atoms with van der Waals surface area (Å²) in [7, 11) is 0. The second-order valence-corrected chi connectivity index (χ2v) is 6.15. The van der Waals surface area contributed by atoms with Crippen molar-refractivity contribution in [2.24, 2.45) is 11.3 Å². The van der Waals surface area contributed by atoms with Gasteiger partial charge in [-0.2, -0.15) is 0 Å². The van der Waals surface area contributed by atoms with Gasteiger partial charge in [0, 0.05) is 19.5 Å². The smallest absolute Gasteiger partial charge is 0.245 e. The number of carbonyl (C=O) groups is 2. The Hall–Kier alpha value is -1.06. The Morgan fingerprint density at radius 2 is 2.06 bits per heavy atom. The zero-order chi connectivity index (χ0) is 13.3. The first-order valence-corrected chi connectivity index (χ1v) is 7.05. The Bertz CT molecular complexity index is 348. The molecular formula is C14H24N2O2. The molecule has 4 nitrogen and oxygen atoms in total. The van der Waals surface area contributed by atoms with E-state index in [4.69, 9.17) is 0 Å². The van der Waals surface area contributed by atoms with Gasteiger partial charge in [-0.15, -0.1) is 0 Å².